The van der Waals surface area contributed by atoms with Crippen LogP contribution in [0.15, 0.2) is 55.3 Å². The zero-order valence-corrected chi connectivity index (χ0v) is 30.6. The molecule has 52 heavy (non-hydrogen) atoms. The second-order valence-electron chi connectivity index (χ2n) is 14.5. The molecule has 3 N–H and O–H groups in total. The van der Waals surface area contributed by atoms with Crippen LogP contribution in [0.1, 0.15) is 46.5 Å². The Kier molecular flexibility index (Phi) is 9.89. The molecule has 5 atom stereocenters. The van der Waals surface area contributed by atoms with E-state index in [4.69, 9.17) is 21.1 Å². The summed E-state index contributed by atoms with van der Waals surface area (Å²) in [7, 11) is -2.44. The smallest absolute Gasteiger partial charge is 0.259 e. The molecule has 3 fully saturated rings. The fraction of sp³-hybridized carbons (Fsp3) is 0.444. The molecule has 0 bridgehead atoms. The van der Waals surface area contributed by atoms with E-state index in [2.05, 4.69) is 26.9 Å². The summed E-state index contributed by atoms with van der Waals surface area (Å²) in [6, 6.07) is 6.25. The number of carbonyl (C=O) groups is 3. The lowest BCUT2D eigenvalue weighted by molar-refractivity contribution is -0.141. The fourth-order valence-electron chi connectivity index (χ4n) is 6.56. The van der Waals surface area contributed by atoms with E-state index in [1.54, 1.807) is 39.0 Å². The van der Waals surface area contributed by atoms with Gasteiger partial charge in [-0.25, -0.2) is 22.2 Å². The van der Waals surface area contributed by atoms with E-state index >= 15 is 0 Å². The van der Waals surface area contributed by atoms with Crippen LogP contribution in [0.2, 0.25) is 5.02 Å². The molecule has 2 aliphatic carbocycles. The van der Waals surface area contributed by atoms with Crippen LogP contribution in [-0.4, -0.2) is 78.7 Å². The van der Waals surface area contributed by atoms with E-state index in [0.717, 1.165) is 6.07 Å². The Balaban J connectivity index is 1.33. The lowest BCUT2D eigenvalue weighted by Crippen LogP contribution is -2.58. The van der Waals surface area contributed by atoms with Crippen LogP contribution < -0.4 is 24.8 Å². The first-order valence-electron chi connectivity index (χ1n) is 16.8. The minimum Gasteiger partial charge on any atom is -0.494 e. The highest BCUT2D eigenvalue weighted by Gasteiger charge is 2.62. The molecule has 6 rings (SSSR count). The van der Waals surface area contributed by atoms with Gasteiger partial charge in [-0.3, -0.25) is 19.1 Å². The van der Waals surface area contributed by atoms with Gasteiger partial charge in [0.25, 0.3) is 5.91 Å². The molecule has 278 valence electrons. The van der Waals surface area contributed by atoms with Crippen LogP contribution in [0.4, 0.5) is 14.5 Å². The average molecular weight is 760 g/mol. The monoisotopic (exact) mass is 759 g/mol. The normalized spacial score (nSPS) is 23.4. The van der Waals surface area contributed by atoms with E-state index in [0.29, 0.717) is 34.4 Å². The third-order valence-corrected chi connectivity index (χ3v) is 11.8. The zero-order chi connectivity index (χ0) is 37.7. The molecular weight excluding hydrogens is 720 g/mol. The number of halogens is 3. The number of ether oxygens (including phenoxy) is 2. The van der Waals surface area contributed by atoms with Gasteiger partial charge >= 0.3 is 0 Å². The molecule has 2 aromatic carbocycles. The number of sulfonamides is 1. The average Bonchev–Trinajstić information content (AvgIpc) is 4.01. The van der Waals surface area contributed by atoms with Crippen molar-refractivity contribution in [1.29, 1.82) is 0 Å². The minimum atomic E-state index is -3.93. The molecule has 2 saturated carbocycles. The van der Waals surface area contributed by atoms with Crippen LogP contribution in [0.5, 0.6) is 11.6 Å². The summed E-state index contributed by atoms with van der Waals surface area (Å²) in [5.41, 5.74) is -2.74. The van der Waals surface area contributed by atoms with Crippen molar-refractivity contribution >= 4 is 55.8 Å². The van der Waals surface area contributed by atoms with Gasteiger partial charge in [-0.05, 0) is 55.0 Å². The van der Waals surface area contributed by atoms with Crippen molar-refractivity contribution in [2.45, 2.75) is 75.4 Å². The number of nitrogens with zero attached hydrogens (tertiary/aromatic N) is 2. The van der Waals surface area contributed by atoms with Gasteiger partial charge in [-0.1, -0.05) is 44.5 Å². The maximum Gasteiger partial charge on any atom is 0.259 e. The summed E-state index contributed by atoms with van der Waals surface area (Å²) in [6.07, 6.45) is 3.02. The van der Waals surface area contributed by atoms with Crippen molar-refractivity contribution in [3.8, 4) is 11.6 Å². The number of hydrogen-bond acceptors (Lipinski definition) is 9. The van der Waals surface area contributed by atoms with Crippen LogP contribution in [0, 0.1) is 23.0 Å². The number of carbonyl (C=O) groups excluding carboxylic acids is 3. The molecule has 1 saturated heterocycles. The van der Waals surface area contributed by atoms with E-state index in [1.807, 2.05) is 0 Å². The SMILES string of the molecule is C=C[C@@H]1C[C@]1(NC(=O)[C@@H]1C[C@@H](Oc2ncc(OC)c3ccc(Cl)cc23)CN1C(=O)[C@@H](Nc1cccc(F)c1F)C(C)(C)C)C(=O)NS(=O)(=O)C1CC1. The predicted molar refractivity (Wildman–Crippen MR) is 190 cm³/mol. The molecule has 0 spiro atoms. The van der Waals surface area contributed by atoms with Gasteiger partial charge in [0.2, 0.25) is 27.7 Å². The van der Waals surface area contributed by atoms with Crippen LogP contribution in [0.3, 0.4) is 0 Å². The maximum atomic E-state index is 14.9. The first kappa shape index (κ1) is 37.3. The molecule has 3 amide bonds. The number of benzene rings is 2. The Morgan fingerprint density at radius 2 is 1.88 bits per heavy atom. The number of methoxy groups -OCH3 is 1. The third-order valence-electron chi connectivity index (χ3n) is 9.74. The van der Waals surface area contributed by atoms with Crippen molar-refractivity contribution in [1.82, 2.24) is 19.9 Å². The standard InChI is InChI=1S/C36H40ClF2N5O7S/c1-6-19-16-36(19,34(47)43-52(48,49)22-11-12-22)42-31(45)27-15-21(51-32-24-14-20(37)10-13-23(24)28(50-5)17-40-32)18-44(27)33(46)30(35(2,3)4)41-26-9-7-8-25(38)29(26)39/h6-10,13-14,17,19,21-22,27,30,41H,1,11-12,15-16,18H2,2-5H3,(H,42,45)(H,43,47)/t19-,21-,27+,30-,36-/m1/s1. The number of nitrogens with one attached hydrogen (secondary N) is 3. The first-order chi connectivity index (χ1) is 24.5. The highest BCUT2D eigenvalue weighted by Crippen LogP contribution is 2.46. The van der Waals surface area contributed by atoms with E-state index in [9.17, 15) is 31.6 Å². The summed E-state index contributed by atoms with van der Waals surface area (Å²) in [6.45, 7) is 8.80. The number of likely N-dealkylation sites (tertiary alicyclic amines) is 1. The highest BCUT2D eigenvalue weighted by atomic mass is 35.5. The van der Waals surface area contributed by atoms with Crippen molar-refractivity contribution < 1.29 is 41.1 Å². The number of pyridine rings is 1. The highest BCUT2D eigenvalue weighted by molar-refractivity contribution is 7.91. The van der Waals surface area contributed by atoms with E-state index in [1.165, 1.54) is 36.4 Å². The predicted octanol–water partition coefficient (Wildman–Crippen LogP) is 4.72. The van der Waals surface area contributed by atoms with Gasteiger partial charge in [0.1, 0.15) is 29.5 Å². The first-order valence-corrected chi connectivity index (χ1v) is 18.7. The maximum absolute atomic E-state index is 14.9. The molecule has 12 nitrogen and oxygen atoms in total. The van der Waals surface area contributed by atoms with Gasteiger partial charge in [-0.15, -0.1) is 6.58 Å². The minimum absolute atomic E-state index is 0.0602. The molecular formula is C36H40ClF2N5O7S. The largest absolute Gasteiger partial charge is 0.494 e. The number of amides is 3. The van der Waals surface area contributed by atoms with Crippen LogP contribution in [0.25, 0.3) is 10.8 Å². The Labute approximate surface area is 305 Å². The van der Waals surface area contributed by atoms with Crippen molar-refractivity contribution in [3.05, 3.63) is 71.9 Å². The Morgan fingerprint density at radius 3 is 2.52 bits per heavy atom. The molecule has 1 aromatic heterocycles. The molecule has 3 aromatic rings. The van der Waals surface area contributed by atoms with Crippen LogP contribution in [-0.2, 0) is 24.4 Å². The lowest BCUT2D eigenvalue weighted by Gasteiger charge is -2.36. The van der Waals surface area contributed by atoms with E-state index < -0.39 is 79.7 Å². The molecule has 2 heterocycles. The summed E-state index contributed by atoms with van der Waals surface area (Å²) in [5, 5.41) is 6.50. The summed E-state index contributed by atoms with van der Waals surface area (Å²) in [5.74, 6) is -4.45. The lowest BCUT2D eigenvalue weighted by atomic mass is 9.85. The van der Waals surface area contributed by atoms with Gasteiger partial charge in [0, 0.05) is 28.1 Å². The summed E-state index contributed by atoms with van der Waals surface area (Å²) < 4.78 is 68.3. The van der Waals surface area contributed by atoms with Gasteiger partial charge < -0.3 is 25.0 Å². The molecule has 1 aliphatic heterocycles. The second-order valence-corrected chi connectivity index (χ2v) is 16.9. The second kappa shape index (κ2) is 13.8. The molecule has 0 unspecified atom stereocenters. The van der Waals surface area contributed by atoms with Gasteiger partial charge in [-0.2, -0.15) is 0 Å². The van der Waals surface area contributed by atoms with Crippen LogP contribution >= 0.6 is 11.6 Å². The number of fused-ring (bicyclic) bond motifs is 1. The number of aromatic nitrogens is 1. The summed E-state index contributed by atoms with van der Waals surface area (Å²) in [4.78, 5) is 47.9. The number of anilines is 1. The Bertz CT molecular complexity index is 2060. The fourth-order valence-corrected chi connectivity index (χ4v) is 8.09. The third kappa shape index (κ3) is 7.25. The quantitative estimate of drug-likeness (QED) is 0.223. The van der Waals surface area contributed by atoms with Gasteiger partial charge in [0.15, 0.2) is 11.6 Å². The Hall–Kier alpha value is -4.50. The molecule has 3 aliphatic rings. The topological polar surface area (TPSA) is 156 Å². The van der Waals surface area contributed by atoms with Gasteiger partial charge in [0.05, 0.1) is 30.8 Å². The number of rotatable bonds is 12. The summed E-state index contributed by atoms with van der Waals surface area (Å²) >= 11 is 6.31. The van der Waals surface area contributed by atoms with E-state index in [-0.39, 0.29) is 31.0 Å². The zero-order valence-electron chi connectivity index (χ0n) is 29.0. The van der Waals surface area contributed by atoms with Crippen molar-refractivity contribution in [3.63, 3.8) is 0 Å². The Morgan fingerprint density at radius 1 is 1.15 bits per heavy atom. The molecule has 0 radical (unpaired) electrons. The van der Waals surface area contributed by atoms with Crippen molar-refractivity contribution in [2.75, 3.05) is 19.0 Å². The number of hydrogen-bond donors (Lipinski definition) is 3. The molecule has 16 heteroatoms. The van der Waals surface area contributed by atoms with Crippen molar-refractivity contribution in [2.24, 2.45) is 11.3 Å².